The Morgan fingerprint density at radius 3 is 2.94 bits per heavy atom. The van der Waals surface area contributed by atoms with Crippen molar-refractivity contribution in [2.45, 2.75) is 27.1 Å². The van der Waals surface area contributed by atoms with Gasteiger partial charge in [-0.3, -0.25) is 4.98 Å². The number of hydrogen-bond acceptors (Lipinski definition) is 4. The van der Waals surface area contributed by atoms with E-state index in [2.05, 4.69) is 9.97 Å². The summed E-state index contributed by atoms with van der Waals surface area (Å²) in [4.78, 5) is 8.46. The van der Waals surface area contributed by atoms with Crippen molar-refractivity contribution in [3.63, 3.8) is 0 Å². The molecule has 0 amide bonds. The summed E-state index contributed by atoms with van der Waals surface area (Å²) in [5, 5.41) is 9.75. The zero-order valence-corrected chi connectivity index (χ0v) is 9.64. The second-order valence-electron chi connectivity index (χ2n) is 3.65. The van der Waals surface area contributed by atoms with Crippen LogP contribution in [-0.2, 0) is 4.74 Å². The van der Waals surface area contributed by atoms with Crippen molar-refractivity contribution in [2.24, 2.45) is 0 Å². The fraction of sp³-hybridized carbons (Fsp3) is 0.455. The molecule has 1 N–H and O–H groups in total. The fourth-order valence-electron chi connectivity index (χ4n) is 1.66. The van der Waals surface area contributed by atoms with Crippen molar-refractivity contribution < 1.29 is 9.84 Å². The van der Waals surface area contributed by atoms with Crippen LogP contribution >= 0.6 is 0 Å². The van der Waals surface area contributed by atoms with Crippen LogP contribution in [0.3, 0.4) is 0 Å². The number of imidazole rings is 1. The van der Waals surface area contributed by atoms with Gasteiger partial charge in [-0.2, -0.15) is 0 Å². The number of rotatable bonds is 3. The van der Waals surface area contributed by atoms with Gasteiger partial charge in [0.15, 0.2) is 11.9 Å². The number of aromatic nitrogens is 3. The van der Waals surface area contributed by atoms with Crippen molar-refractivity contribution in [1.82, 2.24) is 14.4 Å². The summed E-state index contributed by atoms with van der Waals surface area (Å²) in [6.07, 6.45) is 2.61. The third-order valence-corrected chi connectivity index (χ3v) is 2.47. The maximum Gasteiger partial charge on any atom is 0.200 e. The van der Waals surface area contributed by atoms with E-state index in [1.165, 1.54) is 0 Å². The molecule has 0 saturated heterocycles. The number of aryl methyl sites for hydroxylation is 2. The van der Waals surface area contributed by atoms with Crippen LogP contribution < -0.4 is 0 Å². The average Bonchev–Trinajstić information content (AvgIpc) is 2.57. The van der Waals surface area contributed by atoms with Crippen LogP contribution in [-0.4, -0.2) is 26.1 Å². The van der Waals surface area contributed by atoms with E-state index >= 15 is 0 Å². The molecule has 0 aromatic carbocycles. The molecular formula is C11H15N3O2. The van der Waals surface area contributed by atoms with E-state index in [0.717, 1.165) is 17.0 Å². The molecule has 2 aromatic rings. The lowest BCUT2D eigenvalue weighted by atomic mass is 10.3. The maximum absolute atomic E-state index is 9.75. The molecule has 2 aromatic heterocycles. The minimum Gasteiger partial charge on any atom is -0.363 e. The van der Waals surface area contributed by atoms with Crippen molar-refractivity contribution >= 4 is 5.65 Å². The zero-order valence-electron chi connectivity index (χ0n) is 9.64. The first-order valence-electron chi connectivity index (χ1n) is 5.24. The smallest absolute Gasteiger partial charge is 0.200 e. The summed E-state index contributed by atoms with van der Waals surface area (Å²) in [7, 11) is 0. The first-order chi connectivity index (χ1) is 7.63. The van der Waals surface area contributed by atoms with Crippen LogP contribution in [0.1, 0.15) is 30.3 Å². The molecule has 16 heavy (non-hydrogen) atoms. The molecule has 1 unspecified atom stereocenters. The normalized spacial score (nSPS) is 13.2. The Morgan fingerprint density at radius 1 is 1.50 bits per heavy atom. The molecule has 0 saturated carbocycles. The third kappa shape index (κ3) is 1.79. The molecule has 0 aliphatic carbocycles. The molecule has 2 heterocycles. The van der Waals surface area contributed by atoms with Gasteiger partial charge in [-0.15, -0.1) is 0 Å². The van der Waals surface area contributed by atoms with E-state index in [4.69, 9.17) is 4.74 Å². The molecule has 0 radical (unpaired) electrons. The van der Waals surface area contributed by atoms with Gasteiger partial charge in [0.2, 0.25) is 0 Å². The topological polar surface area (TPSA) is 59.7 Å². The van der Waals surface area contributed by atoms with Gasteiger partial charge in [0, 0.05) is 18.5 Å². The van der Waals surface area contributed by atoms with E-state index in [1.807, 2.05) is 31.4 Å². The molecule has 0 fully saturated rings. The van der Waals surface area contributed by atoms with E-state index in [0.29, 0.717) is 12.3 Å². The second kappa shape index (κ2) is 4.19. The lowest BCUT2D eigenvalue weighted by molar-refractivity contribution is -0.101. The Balaban J connectivity index is 2.51. The van der Waals surface area contributed by atoms with Gasteiger partial charge in [-0.05, 0) is 20.8 Å². The highest BCUT2D eigenvalue weighted by atomic mass is 16.6. The number of aliphatic hydroxyl groups is 1. The van der Waals surface area contributed by atoms with Gasteiger partial charge in [0.25, 0.3) is 0 Å². The summed E-state index contributed by atoms with van der Waals surface area (Å²) < 4.78 is 7.03. The Bertz CT molecular complexity index is 507. The summed E-state index contributed by atoms with van der Waals surface area (Å²) >= 11 is 0. The minimum atomic E-state index is -0.967. The van der Waals surface area contributed by atoms with Crippen molar-refractivity contribution in [1.29, 1.82) is 0 Å². The molecule has 0 bridgehead atoms. The molecule has 0 aliphatic heterocycles. The van der Waals surface area contributed by atoms with Crippen molar-refractivity contribution in [2.75, 3.05) is 6.61 Å². The quantitative estimate of drug-likeness (QED) is 0.795. The standard InChI is InChI=1S/C11H15N3O2/c1-4-16-11(15)10-8(3)14-6-7(2)12-5-9(14)13-10/h5-6,11,15H,4H2,1-3H3. The molecule has 5 heteroatoms. The molecule has 0 spiro atoms. The average molecular weight is 221 g/mol. The molecule has 5 nitrogen and oxygen atoms in total. The van der Waals surface area contributed by atoms with Crippen LogP contribution in [0.4, 0.5) is 0 Å². The van der Waals surface area contributed by atoms with Crippen LogP contribution in [0.15, 0.2) is 12.4 Å². The second-order valence-corrected chi connectivity index (χ2v) is 3.65. The number of hydrogen-bond donors (Lipinski definition) is 1. The Labute approximate surface area is 93.7 Å². The number of ether oxygens (including phenoxy) is 1. The molecule has 2 rings (SSSR count). The highest BCUT2D eigenvalue weighted by molar-refractivity contribution is 5.41. The Morgan fingerprint density at radius 2 is 2.25 bits per heavy atom. The number of fused-ring (bicyclic) bond motifs is 1. The predicted octanol–water partition coefficient (Wildman–Crippen LogP) is 1.37. The molecule has 1 atom stereocenters. The number of aliphatic hydroxyl groups excluding tert-OH is 1. The Kier molecular flexibility index (Phi) is 2.89. The van der Waals surface area contributed by atoms with Crippen LogP contribution in [0.5, 0.6) is 0 Å². The van der Waals surface area contributed by atoms with Crippen LogP contribution in [0, 0.1) is 13.8 Å². The first-order valence-corrected chi connectivity index (χ1v) is 5.24. The van der Waals surface area contributed by atoms with Gasteiger partial charge in [-0.1, -0.05) is 0 Å². The van der Waals surface area contributed by atoms with Crippen molar-refractivity contribution in [3.8, 4) is 0 Å². The van der Waals surface area contributed by atoms with E-state index in [9.17, 15) is 5.11 Å². The van der Waals surface area contributed by atoms with Gasteiger partial charge < -0.3 is 14.2 Å². The summed E-state index contributed by atoms with van der Waals surface area (Å²) in [5.41, 5.74) is 3.05. The first kappa shape index (κ1) is 11.0. The van der Waals surface area contributed by atoms with Gasteiger partial charge in [0.1, 0.15) is 5.69 Å². The van der Waals surface area contributed by atoms with Crippen LogP contribution in [0.25, 0.3) is 5.65 Å². The minimum absolute atomic E-state index is 0.450. The third-order valence-electron chi connectivity index (χ3n) is 2.47. The predicted molar refractivity (Wildman–Crippen MR) is 59.0 cm³/mol. The highest BCUT2D eigenvalue weighted by Gasteiger charge is 2.16. The van der Waals surface area contributed by atoms with Gasteiger partial charge in [0.05, 0.1) is 11.9 Å². The highest BCUT2D eigenvalue weighted by Crippen LogP contribution is 2.19. The summed E-state index contributed by atoms with van der Waals surface area (Å²) in [6, 6.07) is 0. The van der Waals surface area contributed by atoms with Gasteiger partial charge in [-0.25, -0.2) is 4.98 Å². The lowest BCUT2D eigenvalue weighted by Crippen LogP contribution is -2.05. The zero-order chi connectivity index (χ0) is 11.7. The number of nitrogens with zero attached hydrogens (tertiary/aromatic N) is 3. The fourth-order valence-corrected chi connectivity index (χ4v) is 1.66. The molecule has 86 valence electrons. The largest absolute Gasteiger partial charge is 0.363 e. The van der Waals surface area contributed by atoms with Crippen LogP contribution in [0.2, 0.25) is 0 Å². The lowest BCUT2D eigenvalue weighted by Gasteiger charge is -2.08. The van der Waals surface area contributed by atoms with E-state index in [-0.39, 0.29) is 0 Å². The maximum atomic E-state index is 9.75. The van der Waals surface area contributed by atoms with E-state index < -0.39 is 6.29 Å². The molecule has 0 aliphatic rings. The van der Waals surface area contributed by atoms with Gasteiger partial charge >= 0.3 is 0 Å². The monoisotopic (exact) mass is 221 g/mol. The summed E-state index contributed by atoms with van der Waals surface area (Å²) in [6.45, 7) is 6.10. The van der Waals surface area contributed by atoms with E-state index in [1.54, 1.807) is 6.20 Å². The molecular weight excluding hydrogens is 206 g/mol. The Hall–Kier alpha value is -1.46. The van der Waals surface area contributed by atoms with Crippen molar-refractivity contribution in [3.05, 3.63) is 29.5 Å². The SMILES string of the molecule is CCOC(O)c1nc2cnc(C)cn2c1C. The summed E-state index contributed by atoms with van der Waals surface area (Å²) in [5.74, 6) is 0.